The van der Waals surface area contributed by atoms with Gasteiger partial charge in [-0.1, -0.05) is 20.8 Å². The Bertz CT molecular complexity index is 803. The van der Waals surface area contributed by atoms with Crippen molar-refractivity contribution in [3.8, 4) is 0 Å². The van der Waals surface area contributed by atoms with Crippen LogP contribution in [0.15, 0.2) is 28.5 Å². The second-order valence-corrected chi connectivity index (χ2v) is 7.05. The summed E-state index contributed by atoms with van der Waals surface area (Å²) in [6.07, 6.45) is -3.62. The highest BCUT2D eigenvalue weighted by Gasteiger charge is 2.34. The maximum Gasteiger partial charge on any atom is 0.421 e. The van der Waals surface area contributed by atoms with E-state index in [9.17, 15) is 22.8 Å². The van der Waals surface area contributed by atoms with Crippen LogP contribution in [0.5, 0.6) is 0 Å². The molecule has 0 aromatic carbocycles. The number of rotatable bonds is 3. The van der Waals surface area contributed by atoms with E-state index in [0.717, 1.165) is 22.5 Å². The third kappa shape index (κ3) is 4.22. The molecule has 2 rings (SSSR count). The topological polar surface area (TPSA) is 64.0 Å². The van der Waals surface area contributed by atoms with E-state index in [-0.39, 0.29) is 5.41 Å². The van der Waals surface area contributed by atoms with Crippen molar-refractivity contribution in [1.82, 2.24) is 9.55 Å². The van der Waals surface area contributed by atoms with Crippen molar-refractivity contribution >= 4 is 22.4 Å². The summed E-state index contributed by atoms with van der Waals surface area (Å²) >= 11 is 1.22. The zero-order valence-corrected chi connectivity index (χ0v) is 14.1. The third-order valence-electron chi connectivity index (χ3n) is 3.16. The Balaban J connectivity index is 2.14. The Labute approximate surface area is 140 Å². The lowest BCUT2D eigenvalue weighted by Gasteiger charge is -2.14. The zero-order valence-electron chi connectivity index (χ0n) is 13.3. The number of nitrogens with zero attached hydrogens (tertiary/aromatic N) is 2. The van der Waals surface area contributed by atoms with E-state index in [4.69, 9.17) is 0 Å². The van der Waals surface area contributed by atoms with E-state index in [1.807, 2.05) is 20.8 Å². The van der Waals surface area contributed by atoms with Crippen LogP contribution in [0.2, 0.25) is 0 Å². The van der Waals surface area contributed by atoms with Crippen LogP contribution in [0.3, 0.4) is 0 Å². The monoisotopic (exact) mass is 359 g/mol. The van der Waals surface area contributed by atoms with Gasteiger partial charge in [0.2, 0.25) is 5.91 Å². The van der Waals surface area contributed by atoms with E-state index < -0.39 is 29.8 Å². The predicted molar refractivity (Wildman–Crippen MR) is 85.1 cm³/mol. The van der Waals surface area contributed by atoms with Crippen molar-refractivity contribution in [1.29, 1.82) is 0 Å². The Morgan fingerprint density at radius 2 is 2.00 bits per heavy atom. The molecule has 1 amide bonds. The molecule has 2 aromatic rings. The Morgan fingerprint density at radius 3 is 2.54 bits per heavy atom. The average Bonchev–Trinajstić information content (AvgIpc) is 2.88. The van der Waals surface area contributed by atoms with E-state index in [1.165, 1.54) is 11.3 Å². The van der Waals surface area contributed by atoms with Gasteiger partial charge < -0.3 is 9.88 Å². The lowest BCUT2D eigenvalue weighted by molar-refractivity contribution is -0.139. The highest BCUT2D eigenvalue weighted by Crippen LogP contribution is 2.27. The van der Waals surface area contributed by atoms with Crippen LogP contribution >= 0.6 is 11.3 Å². The van der Waals surface area contributed by atoms with Gasteiger partial charge >= 0.3 is 6.18 Å². The first-order valence-corrected chi connectivity index (χ1v) is 7.89. The number of carbonyl (C=O) groups excluding carboxylic acids is 1. The molecule has 0 saturated carbocycles. The smallest absolute Gasteiger partial charge is 0.306 e. The molecule has 0 spiro atoms. The molecule has 0 radical (unpaired) electrons. The highest BCUT2D eigenvalue weighted by molar-refractivity contribution is 7.13. The van der Waals surface area contributed by atoms with Crippen molar-refractivity contribution in [2.45, 2.75) is 38.9 Å². The van der Waals surface area contributed by atoms with Gasteiger partial charge in [0.05, 0.1) is 5.69 Å². The first-order chi connectivity index (χ1) is 11.0. The molecule has 0 aliphatic carbocycles. The molecular weight excluding hydrogens is 343 g/mol. The van der Waals surface area contributed by atoms with Gasteiger partial charge in [-0.05, 0) is 12.1 Å². The molecule has 9 heteroatoms. The normalized spacial score (nSPS) is 12.2. The summed E-state index contributed by atoms with van der Waals surface area (Å²) < 4.78 is 38.8. The minimum Gasteiger partial charge on any atom is -0.306 e. The molecule has 0 atom stereocenters. The molecule has 0 saturated heterocycles. The van der Waals surface area contributed by atoms with Crippen molar-refractivity contribution in [2.75, 3.05) is 5.32 Å². The van der Waals surface area contributed by atoms with Crippen molar-refractivity contribution in [3.63, 3.8) is 0 Å². The van der Waals surface area contributed by atoms with Crippen LogP contribution in [0, 0.1) is 0 Å². The van der Waals surface area contributed by atoms with Crippen LogP contribution in [0.25, 0.3) is 0 Å². The number of amides is 1. The molecule has 0 fully saturated rings. The first kappa shape index (κ1) is 18.2. The number of hydrogen-bond acceptors (Lipinski definition) is 4. The van der Waals surface area contributed by atoms with E-state index in [0.29, 0.717) is 11.2 Å². The quantitative estimate of drug-likeness (QED) is 0.915. The van der Waals surface area contributed by atoms with Crippen LogP contribution in [-0.2, 0) is 22.9 Å². The molecular formula is C15H16F3N3O2S. The number of carbonyl (C=O) groups is 1. The van der Waals surface area contributed by atoms with Gasteiger partial charge in [-0.25, -0.2) is 4.98 Å². The fourth-order valence-electron chi connectivity index (χ4n) is 1.87. The molecule has 0 aliphatic heterocycles. The van der Waals surface area contributed by atoms with Crippen LogP contribution < -0.4 is 10.9 Å². The van der Waals surface area contributed by atoms with Crippen LogP contribution in [-0.4, -0.2) is 15.5 Å². The SMILES string of the molecule is CC(C)(C)c1csc(NC(=O)Cn2cccc(C(F)(F)F)c2=O)n1. The fourth-order valence-corrected chi connectivity index (χ4v) is 2.82. The van der Waals surface area contributed by atoms with E-state index in [2.05, 4.69) is 10.3 Å². The summed E-state index contributed by atoms with van der Waals surface area (Å²) in [5, 5.41) is 4.63. The summed E-state index contributed by atoms with van der Waals surface area (Å²) in [6, 6.07) is 1.77. The van der Waals surface area contributed by atoms with Gasteiger partial charge in [0.1, 0.15) is 12.1 Å². The molecule has 0 unspecified atom stereocenters. The van der Waals surface area contributed by atoms with E-state index in [1.54, 1.807) is 5.38 Å². The predicted octanol–water partition coefficient (Wildman–Crippen LogP) is 3.26. The maximum atomic E-state index is 12.7. The molecule has 5 nitrogen and oxygen atoms in total. The van der Waals surface area contributed by atoms with Gasteiger partial charge in [-0.2, -0.15) is 13.2 Å². The maximum absolute atomic E-state index is 12.7. The molecule has 130 valence electrons. The van der Waals surface area contributed by atoms with Gasteiger partial charge in [-0.15, -0.1) is 11.3 Å². The van der Waals surface area contributed by atoms with Crippen LogP contribution in [0.1, 0.15) is 32.0 Å². The van der Waals surface area contributed by atoms with Crippen LogP contribution in [0.4, 0.5) is 18.3 Å². The third-order valence-corrected chi connectivity index (χ3v) is 3.92. The van der Waals surface area contributed by atoms with Crippen molar-refractivity contribution < 1.29 is 18.0 Å². The Hall–Kier alpha value is -2.16. The van der Waals surface area contributed by atoms with Gasteiger partial charge in [-0.3, -0.25) is 9.59 Å². The van der Waals surface area contributed by atoms with E-state index >= 15 is 0 Å². The minimum absolute atomic E-state index is 0.183. The molecule has 24 heavy (non-hydrogen) atoms. The lowest BCUT2D eigenvalue weighted by Crippen LogP contribution is -2.31. The number of halogens is 3. The zero-order chi connectivity index (χ0) is 18.1. The van der Waals surface area contributed by atoms with Crippen molar-refractivity contribution in [3.05, 3.63) is 45.3 Å². The summed E-state index contributed by atoms with van der Waals surface area (Å²) in [6.45, 7) is 5.38. The van der Waals surface area contributed by atoms with Gasteiger partial charge in [0, 0.05) is 17.0 Å². The number of pyridine rings is 1. The molecule has 2 aromatic heterocycles. The number of alkyl halides is 3. The second kappa shape index (κ2) is 6.39. The summed E-state index contributed by atoms with van der Waals surface area (Å²) in [7, 11) is 0. The summed E-state index contributed by atoms with van der Waals surface area (Å²) in [5.74, 6) is -0.619. The summed E-state index contributed by atoms with van der Waals surface area (Å²) in [5.41, 5.74) is -1.95. The first-order valence-electron chi connectivity index (χ1n) is 7.01. The Morgan fingerprint density at radius 1 is 1.33 bits per heavy atom. The average molecular weight is 359 g/mol. The standard InChI is InChI=1S/C15H16F3N3O2S/c1-14(2,3)10-8-24-13(19-10)20-11(22)7-21-6-4-5-9(12(21)23)15(16,17)18/h4-6,8H,7H2,1-3H3,(H,19,20,22). The molecule has 0 bridgehead atoms. The second-order valence-electron chi connectivity index (χ2n) is 6.19. The fraction of sp³-hybridized carbons (Fsp3) is 0.400. The lowest BCUT2D eigenvalue weighted by atomic mass is 9.93. The molecule has 2 heterocycles. The van der Waals surface area contributed by atoms with Gasteiger partial charge in [0.25, 0.3) is 5.56 Å². The highest BCUT2D eigenvalue weighted by atomic mass is 32.1. The molecule has 1 N–H and O–H groups in total. The number of anilines is 1. The summed E-state index contributed by atoms with van der Waals surface area (Å²) in [4.78, 5) is 28.0. The molecule has 0 aliphatic rings. The number of nitrogens with one attached hydrogen (secondary N) is 1. The Kier molecular flexibility index (Phi) is 4.84. The largest absolute Gasteiger partial charge is 0.421 e. The minimum atomic E-state index is -4.76. The number of aromatic nitrogens is 2. The number of hydrogen-bond donors (Lipinski definition) is 1. The van der Waals surface area contributed by atoms with Gasteiger partial charge in [0.15, 0.2) is 5.13 Å². The number of thiazole rings is 1. The van der Waals surface area contributed by atoms with Crippen molar-refractivity contribution in [2.24, 2.45) is 0 Å².